The van der Waals surface area contributed by atoms with Gasteiger partial charge in [-0.05, 0) is 23.6 Å². The van der Waals surface area contributed by atoms with Crippen LogP contribution in [0.2, 0.25) is 0 Å². The van der Waals surface area contributed by atoms with Gasteiger partial charge in [0, 0.05) is 13.0 Å². The van der Waals surface area contributed by atoms with Gasteiger partial charge in [-0.1, -0.05) is 54.6 Å². The highest BCUT2D eigenvalue weighted by atomic mass is 16.2. The molecule has 2 heterocycles. The van der Waals surface area contributed by atoms with Gasteiger partial charge in [0.2, 0.25) is 5.91 Å². The number of fused-ring (bicyclic) bond motifs is 1. The summed E-state index contributed by atoms with van der Waals surface area (Å²) in [5.74, 6) is 0.745. The van der Waals surface area contributed by atoms with Gasteiger partial charge >= 0.3 is 0 Å². The van der Waals surface area contributed by atoms with Crippen molar-refractivity contribution in [1.82, 2.24) is 14.9 Å². The van der Waals surface area contributed by atoms with Gasteiger partial charge in [0.05, 0.1) is 24.0 Å². The molecule has 0 fully saturated rings. The molecule has 2 aromatic carbocycles. The van der Waals surface area contributed by atoms with E-state index in [9.17, 15) is 4.79 Å². The van der Waals surface area contributed by atoms with Gasteiger partial charge in [0.15, 0.2) is 0 Å². The molecular weight excluding hydrogens is 324 g/mol. The van der Waals surface area contributed by atoms with Crippen molar-refractivity contribution in [3.05, 3.63) is 77.7 Å². The van der Waals surface area contributed by atoms with Crippen molar-refractivity contribution in [2.24, 2.45) is 5.73 Å². The number of carbonyl (C=O) groups is 1. The molecule has 1 aliphatic heterocycles. The fourth-order valence-corrected chi connectivity index (χ4v) is 3.53. The minimum Gasteiger partial charge on any atom is -0.340 e. The largest absolute Gasteiger partial charge is 0.340 e. The van der Waals surface area contributed by atoms with Gasteiger partial charge in [-0.25, -0.2) is 4.98 Å². The molecule has 0 aliphatic carbocycles. The monoisotopic (exact) mass is 346 g/mol. The molecule has 2 atom stereocenters. The summed E-state index contributed by atoms with van der Waals surface area (Å²) in [6.07, 6.45) is 2.57. The molecule has 0 bridgehead atoms. The Hall–Kier alpha value is -2.92. The Balaban J connectivity index is 1.71. The third-order valence-electron chi connectivity index (χ3n) is 4.92. The molecule has 4 rings (SSSR count). The van der Waals surface area contributed by atoms with Crippen LogP contribution >= 0.6 is 0 Å². The SMILES string of the molecule is CC(N)C(=O)N1Cc2ccccc2CC1c1ncc(-c2ccccc2)[nH]1. The van der Waals surface area contributed by atoms with Gasteiger partial charge in [0.25, 0.3) is 0 Å². The lowest BCUT2D eigenvalue weighted by molar-refractivity contribution is -0.136. The van der Waals surface area contributed by atoms with Crippen LogP contribution in [-0.2, 0) is 17.8 Å². The predicted octanol–water partition coefficient (Wildman–Crippen LogP) is 3.05. The van der Waals surface area contributed by atoms with E-state index in [4.69, 9.17) is 5.73 Å². The van der Waals surface area contributed by atoms with Crippen molar-refractivity contribution in [2.75, 3.05) is 0 Å². The third-order valence-corrected chi connectivity index (χ3v) is 4.92. The Labute approximate surface area is 152 Å². The van der Waals surface area contributed by atoms with Gasteiger partial charge in [-0.2, -0.15) is 0 Å². The van der Waals surface area contributed by atoms with Gasteiger partial charge in [-0.3, -0.25) is 4.79 Å². The number of imidazole rings is 1. The molecule has 1 aromatic heterocycles. The standard InChI is InChI=1S/C21H22N4O/c1-14(22)21(26)25-13-17-10-6-5-9-16(17)11-19(25)20-23-12-18(24-20)15-7-3-2-4-8-15/h2-10,12,14,19H,11,13,22H2,1H3,(H,23,24). The molecule has 2 unspecified atom stereocenters. The number of nitrogens with two attached hydrogens (primary N) is 1. The number of H-pyrrole nitrogens is 1. The smallest absolute Gasteiger partial charge is 0.240 e. The maximum atomic E-state index is 12.7. The second kappa shape index (κ2) is 6.77. The number of benzene rings is 2. The highest BCUT2D eigenvalue weighted by molar-refractivity contribution is 5.82. The molecule has 26 heavy (non-hydrogen) atoms. The minimum absolute atomic E-state index is 0.0536. The van der Waals surface area contributed by atoms with E-state index in [1.165, 1.54) is 11.1 Å². The Kier molecular flexibility index (Phi) is 4.31. The number of aromatic nitrogens is 2. The first-order chi connectivity index (χ1) is 12.6. The van der Waals surface area contributed by atoms with E-state index in [0.29, 0.717) is 6.54 Å². The van der Waals surface area contributed by atoms with Crippen LogP contribution in [0.5, 0.6) is 0 Å². The summed E-state index contributed by atoms with van der Waals surface area (Å²) >= 11 is 0. The van der Waals surface area contributed by atoms with Gasteiger partial charge in [0.1, 0.15) is 5.82 Å². The van der Waals surface area contributed by atoms with Crippen molar-refractivity contribution in [3.8, 4) is 11.3 Å². The summed E-state index contributed by atoms with van der Waals surface area (Å²) in [4.78, 5) is 22.6. The number of hydrogen-bond acceptors (Lipinski definition) is 3. The lowest BCUT2D eigenvalue weighted by atomic mass is 9.93. The summed E-state index contributed by atoms with van der Waals surface area (Å²) in [7, 11) is 0. The van der Waals surface area contributed by atoms with Crippen molar-refractivity contribution >= 4 is 5.91 Å². The number of amides is 1. The van der Waals surface area contributed by atoms with Gasteiger partial charge < -0.3 is 15.6 Å². The molecule has 3 N–H and O–H groups in total. The van der Waals surface area contributed by atoms with Crippen LogP contribution in [0, 0.1) is 0 Å². The summed E-state index contributed by atoms with van der Waals surface area (Å²) in [6.45, 7) is 2.29. The Morgan fingerprint density at radius 3 is 2.58 bits per heavy atom. The van der Waals surface area contributed by atoms with Crippen LogP contribution < -0.4 is 5.73 Å². The van der Waals surface area contributed by atoms with Crippen LogP contribution in [0.25, 0.3) is 11.3 Å². The van der Waals surface area contributed by atoms with E-state index in [-0.39, 0.29) is 11.9 Å². The predicted molar refractivity (Wildman–Crippen MR) is 101 cm³/mol. The number of nitrogens with one attached hydrogen (secondary N) is 1. The first kappa shape index (κ1) is 16.5. The van der Waals surface area contributed by atoms with Gasteiger partial charge in [-0.15, -0.1) is 0 Å². The molecule has 132 valence electrons. The number of carbonyl (C=O) groups excluding carboxylic acids is 1. The molecule has 0 spiro atoms. The van der Waals surface area contributed by atoms with E-state index < -0.39 is 6.04 Å². The molecule has 0 saturated heterocycles. The average molecular weight is 346 g/mol. The summed E-state index contributed by atoms with van der Waals surface area (Å²) in [5, 5.41) is 0. The average Bonchev–Trinajstić information content (AvgIpc) is 3.17. The number of nitrogens with zero attached hydrogens (tertiary/aromatic N) is 2. The lowest BCUT2D eigenvalue weighted by Crippen LogP contribution is -2.46. The molecule has 3 aromatic rings. The topological polar surface area (TPSA) is 75.0 Å². The second-order valence-corrected chi connectivity index (χ2v) is 6.79. The molecule has 5 heteroatoms. The highest BCUT2D eigenvalue weighted by Crippen LogP contribution is 2.33. The number of hydrogen-bond donors (Lipinski definition) is 2. The molecule has 0 saturated carbocycles. The maximum absolute atomic E-state index is 12.7. The summed E-state index contributed by atoms with van der Waals surface area (Å²) in [6, 6.07) is 17.6. The van der Waals surface area contributed by atoms with Crippen molar-refractivity contribution < 1.29 is 4.79 Å². The third kappa shape index (κ3) is 3.02. The van der Waals surface area contributed by atoms with E-state index in [1.54, 1.807) is 6.92 Å². The Morgan fingerprint density at radius 2 is 1.85 bits per heavy atom. The van der Waals surface area contributed by atoms with Crippen LogP contribution in [0.4, 0.5) is 0 Å². The first-order valence-corrected chi connectivity index (χ1v) is 8.86. The van der Waals surface area contributed by atoms with Crippen molar-refractivity contribution in [1.29, 1.82) is 0 Å². The van der Waals surface area contributed by atoms with Crippen molar-refractivity contribution in [3.63, 3.8) is 0 Å². The summed E-state index contributed by atoms with van der Waals surface area (Å²) < 4.78 is 0. The van der Waals surface area contributed by atoms with Crippen LogP contribution in [0.3, 0.4) is 0 Å². The zero-order valence-corrected chi connectivity index (χ0v) is 14.7. The summed E-state index contributed by atoms with van der Waals surface area (Å²) in [5.41, 5.74) is 10.4. The number of aromatic amines is 1. The first-order valence-electron chi connectivity index (χ1n) is 8.86. The van der Waals surface area contributed by atoms with E-state index >= 15 is 0 Å². The quantitative estimate of drug-likeness (QED) is 0.765. The van der Waals surface area contributed by atoms with E-state index in [0.717, 1.165) is 23.5 Å². The molecule has 1 amide bonds. The Morgan fingerprint density at radius 1 is 1.15 bits per heavy atom. The van der Waals surface area contributed by atoms with Crippen LogP contribution in [0.15, 0.2) is 60.8 Å². The van der Waals surface area contributed by atoms with E-state index in [1.807, 2.05) is 53.6 Å². The van der Waals surface area contributed by atoms with Crippen molar-refractivity contribution in [2.45, 2.75) is 32.0 Å². The molecular formula is C21H22N4O. The zero-order valence-electron chi connectivity index (χ0n) is 14.7. The highest BCUT2D eigenvalue weighted by Gasteiger charge is 2.33. The fourth-order valence-electron chi connectivity index (χ4n) is 3.53. The lowest BCUT2D eigenvalue weighted by Gasteiger charge is -2.36. The minimum atomic E-state index is -0.536. The van der Waals surface area contributed by atoms with Crippen LogP contribution in [-0.4, -0.2) is 26.8 Å². The van der Waals surface area contributed by atoms with Crippen LogP contribution in [0.1, 0.15) is 29.9 Å². The Bertz CT molecular complexity index is 917. The normalized spacial score (nSPS) is 17.6. The second-order valence-electron chi connectivity index (χ2n) is 6.79. The zero-order chi connectivity index (χ0) is 18.1. The molecule has 1 aliphatic rings. The fraction of sp³-hybridized carbons (Fsp3) is 0.238. The molecule has 0 radical (unpaired) electrons. The number of rotatable bonds is 3. The van der Waals surface area contributed by atoms with E-state index in [2.05, 4.69) is 22.1 Å². The maximum Gasteiger partial charge on any atom is 0.240 e. The molecule has 5 nitrogen and oxygen atoms in total.